The van der Waals surface area contributed by atoms with Crippen LogP contribution < -0.4 is 0 Å². The molecule has 0 aliphatic rings. The molecule has 0 bridgehead atoms. The van der Waals surface area contributed by atoms with E-state index in [-0.39, 0.29) is 17.9 Å². The Morgan fingerprint density at radius 1 is 1.10 bits per heavy atom. The van der Waals surface area contributed by atoms with Gasteiger partial charge < -0.3 is 9.84 Å². The van der Waals surface area contributed by atoms with E-state index < -0.39 is 29.7 Å². The number of rotatable bonds is 8. The van der Waals surface area contributed by atoms with E-state index in [4.69, 9.17) is 4.74 Å². The van der Waals surface area contributed by atoms with Crippen LogP contribution in [0.4, 0.5) is 13.2 Å². The molecule has 0 aliphatic heterocycles. The van der Waals surface area contributed by atoms with Crippen LogP contribution in [0.2, 0.25) is 0 Å². The minimum atomic E-state index is -4.49. The smallest absolute Gasteiger partial charge is 0.416 e. The van der Waals surface area contributed by atoms with Crippen molar-refractivity contribution in [3.8, 4) is 0 Å². The molecule has 6 nitrogen and oxygen atoms in total. The van der Waals surface area contributed by atoms with Crippen molar-refractivity contribution in [1.82, 2.24) is 15.0 Å². The van der Waals surface area contributed by atoms with Gasteiger partial charge in [-0.3, -0.25) is 9.78 Å². The average Bonchev–Trinajstić information content (AvgIpc) is 2.78. The lowest BCUT2D eigenvalue weighted by Gasteiger charge is -2.21. The van der Waals surface area contributed by atoms with Gasteiger partial charge in [-0.25, -0.2) is 9.97 Å². The highest BCUT2D eigenvalue weighted by atomic mass is 32.2. The van der Waals surface area contributed by atoms with Crippen molar-refractivity contribution in [2.45, 2.75) is 24.0 Å². The van der Waals surface area contributed by atoms with Gasteiger partial charge in [-0.05, 0) is 35.4 Å². The van der Waals surface area contributed by atoms with E-state index >= 15 is 0 Å². The van der Waals surface area contributed by atoms with Gasteiger partial charge in [0.15, 0.2) is 5.16 Å². The number of carbonyl (C=O) groups excluding carboxylic acids is 1. The topological polar surface area (TPSA) is 85.2 Å². The normalized spacial score (nSPS) is 13.4. The molecular weight excluding hydrogens is 431 g/mol. The first-order valence-corrected chi connectivity index (χ1v) is 10.1. The van der Waals surface area contributed by atoms with Gasteiger partial charge in [0, 0.05) is 30.5 Å². The van der Waals surface area contributed by atoms with Crippen LogP contribution in [0.1, 0.15) is 22.8 Å². The zero-order valence-electron chi connectivity index (χ0n) is 16.1. The number of hydrogen-bond donors (Lipinski definition) is 1. The Hall–Kier alpha value is -2.98. The van der Waals surface area contributed by atoms with E-state index in [1.54, 1.807) is 30.6 Å². The fourth-order valence-corrected chi connectivity index (χ4v) is 3.61. The third-order valence-electron chi connectivity index (χ3n) is 4.28. The molecule has 0 saturated heterocycles. The summed E-state index contributed by atoms with van der Waals surface area (Å²) in [6.07, 6.45) is 0.344. The number of aliphatic hydroxyl groups excluding tert-OH is 1. The Morgan fingerprint density at radius 3 is 2.55 bits per heavy atom. The minimum absolute atomic E-state index is 0.0987. The molecular formula is C21H18F3N3O3S. The Kier molecular flexibility index (Phi) is 7.59. The lowest BCUT2D eigenvalue weighted by molar-refractivity contribution is -0.153. The van der Waals surface area contributed by atoms with Crippen molar-refractivity contribution in [1.29, 1.82) is 0 Å². The molecule has 0 spiro atoms. The Bertz CT molecular complexity index is 991. The highest BCUT2D eigenvalue weighted by Gasteiger charge is 2.32. The van der Waals surface area contributed by atoms with Crippen LogP contribution in [0.15, 0.2) is 72.4 Å². The molecule has 0 fully saturated rings. The number of aliphatic hydroxyl groups is 1. The van der Waals surface area contributed by atoms with Crippen LogP contribution in [0, 0.1) is 5.92 Å². The molecule has 10 heteroatoms. The Labute approximate surface area is 180 Å². The average molecular weight is 449 g/mol. The van der Waals surface area contributed by atoms with E-state index in [1.165, 1.54) is 24.5 Å². The van der Waals surface area contributed by atoms with E-state index in [9.17, 15) is 23.1 Å². The van der Waals surface area contributed by atoms with Crippen molar-refractivity contribution in [3.05, 3.63) is 83.9 Å². The van der Waals surface area contributed by atoms with Crippen molar-refractivity contribution in [2.75, 3.05) is 5.75 Å². The predicted octanol–water partition coefficient (Wildman–Crippen LogP) is 4.08. The number of nitrogens with zero attached hydrogens (tertiary/aromatic N) is 3. The number of hydrogen-bond acceptors (Lipinski definition) is 7. The second-order valence-electron chi connectivity index (χ2n) is 6.49. The lowest BCUT2D eigenvalue weighted by Crippen LogP contribution is -2.27. The van der Waals surface area contributed by atoms with Gasteiger partial charge in [0.25, 0.3) is 0 Å². The van der Waals surface area contributed by atoms with Crippen molar-refractivity contribution >= 4 is 17.7 Å². The number of alkyl halides is 3. The van der Waals surface area contributed by atoms with E-state index in [0.717, 1.165) is 23.9 Å². The fourth-order valence-electron chi connectivity index (χ4n) is 2.69. The summed E-state index contributed by atoms with van der Waals surface area (Å²) in [5, 5.41) is 11.1. The number of esters is 1. The summed E-state index contributed by atoms with van der Waals surface area (Å²) in [5.74, 6) is -1.66. The molecule has 0 radical (unpaired) electrons. The van der Waals surface area contributed by atoms with E-state index in [1.807, 2.05) is 0 Å². The van der Waals surface area contributed by atoms with Crippen molar-refractivity contribution < 1.29 is 27.8 Å². The molecule has 3 aromatic rings. The highest BCUT2D eigenvalue weighted by molar-refractivity contribution is 7.99. The first kappa shape index (κ1) is 22.7. The number of pyridine rings is 1. The zero-order valence-corrected chi connectivity index (χ0v) is 16.9. The highest BCUT2D eigenvalue weighted by Crippen LogP contribution is 2.31. The standard InChI is InChI=1S/C21H18F3N3O3S/c22-21(23,24)16-6-1-4-14(10-16)12-30-19(29)17(13-31-20-26-8-3-9-27-20)18(28)15-5-2-7-25-11-15/h1-11,17-18,28H,12-13H2. The molecule has 1 aromatic carbocycles. The SMILES string of the molecule is O=C(OCc1cccc(C(F)(F)F)c1)C(CSc1ncccn1)C(O)c1cccnc1. The summed E-state index contributed by atoms with van der Waals surface area (Å²) in [6.45, 7) is -0.356. The molecule has 31 heavy (non-hydrogen) atoms. The van der Waals surface area contributed by atoms with Gasteiger partial charge in [0.05, 0.1) is 17.6 Å². The maximum Gasteiger partial charge on any atom is 0.416 e. The summed E-state index contributed by atoms with van der Waals surface area (Å²) in [4.78, 5) is 24.8. The largest absolute Gasteiger partial charge is 0.460 e. The second-order valence-corrected chi connectivity index (χ2v) is 7.47. The van der Waals surface area contributed by atoms with Gasteiger partial charge in [0.1, 0.15) is 6.61 Å². The van der Waals surface area contributed by atoms with Crippen LogP contribution in [0.3, 0.4) is 0 Å². The molecule has 0 aliphatic carbocycles. The molecule has 2 heterocycles. The number of carbonyl (C=O) groups is 1. The van der Waals surface area contributed by atoms with Gasteiger partial charge in [0.2, 0.25) is 0 Å². The summed E-state index contributed by atoms with van der Waals surface area (Å²) in [7, 11) is 0. The third kappa shape index (κ3) is 6.50. The van der Waals surface area contributed by atoms with Gasteiger partial charge in [-0.2, -0.15) is 13.2 Å². The molecule has 1 N–H and O–H groups in total. The maximum atomic E-state index is 12.9. The van der Waals surface area contributed by atoms with Crippen LogP contribution >= 0.6 is 11.8 Å². The maximum absolute atomic E-state index is 12.9. The number of halogens is 3. The molecule has 0 saturated carbocycles. The quantitative estimate of drug-likeness (QED) is 0.315. The predicted molar refractivity (Wildman–Crippen MR) is 107 cm³/mol. The molecule has 162 valence electrons. The Morgan fingerprint density at radius 2 is 1.87 bits per heavy atom. The van der Waals surface area contributed by atoms with E-state index in [2.05, 4.69) is 15.0 Å². The lowest BCUT2D eigenvalue weighted by atomic mass is 9.99. The molecule has 2 atom stereocenters. The number of benzene rings is 1. The van der Waals surface area contributed by atoms with Gasteiger partial charge in [-0.1, -0.05) is 30.0 Å². The first-order chi connectivity index (χ1) is 14.8. The number of thioether (sulfide) groups is 1. The van der Waals surface area contributed by atoms with Crippen LogP contribution in [-0.2, 0) is 22.3 Å². The third-order valence-corrected chi connectivity index (χ3v) is 5.27. The molecule has 2 unspecified atom stereocenters. The van der Waals surface area contributed by atoms with Crippen LogP contribution in [0.5, 0.6) is 0 Å². The summed E-state index contributed by atoms with van der Waals surface area (Å²) in [6, 6.07) is 9.43. The Balaban J connectivity index is 1.72. The second kappa shape index (κ2) is 10.4. The zero-order chi connectivity index (χ0) is 22.3. The monoisotopic (exact) mass is 449 g/mol. The first-order valence-electron chi connectivity index (χ1n) is 9.15. The number of aromatic nitrogens is 3. The van der Waals surface area contributed by atoms with Gasteiger partial charge >= 0.3 is 12.1 Å². The van der Waals surface area contributed by atoms with Crippen LogP contribution in [-0.4, -0.2) is 31.8 Å². The van der Waals surface area contributed by atoms with Gasteiger partial charge in [-0.15, -0.1) is 0 Å². The summed E-state index contributed by atoms with van der Waals surface area (Å²) in [5.41, 5.74) is -0.222. The van der Waals surface area contributed by atoms with E-state index in [0.29, 0.717) is 10.7 Å². The van der Waals surface area contributed by atoms with Crippen LogP contribution in [0.25, 0.3) is 0 Å². The molecule has 2 aromatic heterocycles. The number of ether oxygens (including phenoxy) is 1. The van der Waals surface area contributed by atoms with Crippen molar-refractivity contribution in [3.63, 3.8) is 0 Å². The summed E-state index contributed by atoms with van der Waals surface area (Å²) >= 11 is 1.16. The molecule has 3 rings (SSSR count). The molecule has 0 amide bonds. The fraction of sp³-hybridized carbons (Fsp3) is 0.238. The summed E-state index contributed by atoms with van der Waals surface area (Å²) < 4.78 is 43.9. The van der Waals surface area contributed by atoms with Crippen molar-refractivity contribution in [2.24, 2.45) is 5.92 Å². The minimum Gasteiger partial charge on any atom is -0.460 e.